The van der Waals surface area contributed by atoms with Crippen LogP contribution in [0.25, 0.3) is 6.08 Å². The Kier molecular flexibility index (Phi) is 6.42. The van der Waals surface area contributed by atoms with Crippen LogP contribution in [0.4, 0.5) is 22.2 Å². The predicted octanol–water partition coefficient (Wildman–Crippen LogP) is 4.61. The van der Waals surface area contributed by atoms with Crippen LogP contribution in [0.5, 0.6) is 0 Å². The number of rotatable bonds is 6. The quantitative estimate of drug-likeness (QED) is 0.561. The molecule has 3 aromatic rings. The third-order valence-corrected chi connectivity index (χ3v) is 5.78. The van der Waals surface area contributed by atoms with E-state index in [-0.39, 0.29) is 17.7 Å². The highest BCUT2D eigenvalue weighted by molar-refractivity contribution is 7.14. The number of anilines is 4. The lowest BCUT2D eigenvalue weighted by Crippen LogP contribution is -2.23. The Balaban J connectivity index is 1.43. The van der Waals surface area contributed by atoms with Crippen molar-refractivity contribution in [2.75, 3.05) is 21.7 Å². The molecule has 3 amide bonds. The molecule has 0 bridgehead atoms. The molecule has 2 heterocycles. The van der Waals surface area contributed by atoms with Gasteiger partial charge in [0.05, 0.1) is 11.4 Å². The van der Waals surface area contributed by atoms with Crippen molar-refractivity contribution < 1.29 is 14.4 Å². The molecule has 1 aliphatic heterocycles. The Hall–Kier alpha value is -3.78. The molecule has 1 N–H and O–H groups in total. The summed E-state index contributed by atoms with van der Waals surface area (Å²) in [5, 5.41) is 5.14. The standard InChI is InChI=1S/C24H22N4O3S/c1-17(29)28(20-8-3-2-4-9-20)24-26-19(16-32-24)12-13-22(30)25-18-7-5-10-21(15-18)27-14-6-11-23(27)31/h2-5,7-10,12-13,15-16H,6,11,14H2,1H3,(H,25,30)/b13-12+. The monoisotopic (exact) mass is 446 g/mol. The van der Waals surface area contributed by atoms with E-state index in [0.29, 0.717) is 29.5 Å². The number of aromatic nitrogens is 1. The van der Waals surface area contributed by atoms with Crippen molar-refractivity contribution in [3.63, 3.8) is 0 Å². The highest BCUT2D eigenvalue weighted by Crippen LogP contribution is 2.29. The lowest BCUT2D eigenvalue weighted by atomic mass is 10.2. The van der Waals surface area contributed by atoms with Gasteiger partial charge in [-0.3, -0.25) is 19.3 Å². The van der Waals surface area contributed by atoms with Gasteiger partial charge in [-0.15, -0.1) is 11.3 Å². The predicted molar refractivity (Wildman–Crippen MR) is 127 cm³/mol. The summed E-state index contributed by atoms with van der Waals surface area (Å²) in [6.07, 6.45) is 4.40. The smallest absolute Gasteiger partial charge is 0.248 e. The van der Waals surface area contributed by atoms with Crippen molar-refractivity contribution in [3.8, 4) is 0 Å². The maximum absolute atomic E-state index is 12.4. The zero-order valence-electron chi connectivity index (χ0n) is 17.5. The first-order chi connectivity index (χ1) is 15.5. The first kappa shape index (κ1) is 21.5. The van der Waals surface area contributed by atoms with Crippen molar-refractivity contribution in [2.45, 2.75) is 19.8 Å². The molecule has 0 aliphatic carbocycles. The molecule has 1 aromatic heterocycles. The number of para-hydroxylation sites is 1. The second kappa shape index (κ2) is 9.57. The Morgan fingerprint density at radius 3 is 2.69 bits per heavy atom. The molecule has 2 aromatic carbocycles. The molecule has 0 saturated carbocycles. The van der Waals surface area contributed by atoms with Crippen LogP contribution in [0.3, 0.4) is 0 Å². The van der Waals surface area contributed by atoms with Gasteiger partial charge in [-0.1, -0.05) is 24.3 Å². The Morgan fingerprint density at radius 2 is 1.97 bits per heavy atom. The van der Waals surface area contributed by atoms with Gasteiger partial charge in [0.1, 0.15) is 0 Å². The summed E-state index contributed by atoms with van der Waals surface area (Å²) in [7, 11) is 0. The van der Waals surface area contributed by atoms with E-state index in [0.717, 1.165) is 17.8 Å². The average molecular weight is 447 g/mol. The normalized spacial score (nSPS) is 13.5. The molecule has 7 nitrogen and oxygen atoms in total. The Morgan fingerprint density at radius 1 is 1.16 bits per heavy atom. The first-order valence-electron chi connectivity index (χ1n) is 10.2. The maximum Gasteiger partial charge on any atom is 0.248 e. The lowest BCUT2D eigenvalue weighted by molar-refractivity contribution is -0.117. The summed E-state index contributed by atoms with van der Waals surface area (Å²) < 4.78 is 0. The lowest BCUT2D eigenvalue weighted by Gasteiger charge is -2.17. The van der Waals surface area contributed by atoms with Crippen LogP contribution < -0.4 is 15.1 Å². The van der Waals surface area contributed by atoms with Gasteiger partial charge in [0.15, 0.2) is 5.13 Å². The Bertz CT molecular complexity index is 1170. The summed E-state index contributed by atoms with van der Waals surface area (Å²) in [5.74, 6) is -0.353. The molecule has 162 valence electrons. The minimum absolute atomic E-state index is 0.0998. The molecule has 1 saturated heterocycles. The van der Waals surface area contributed by atoms with E-state index >= 15 is 0 Å². The van der Waals surface area contributed by atoms with Crippen LogP contribution >= 0.6 is 11.3 Å². The minimum Gasteiger partial charge on any atom is -0.322 e. The molecule has 32 heavy (non-hydrogen) atoms. The van der Waals surface area contributed by atoms with E-state index in [1.807, 2.05) is 42.5 Å². The number of thiazole rings is 1. The van der Waals surface area contributed by atoms with Gasteiger partial charge in [0.2, 0.25) is 17.7 Å². The fraction of sp³-hybridized carbons (Fsp3) is 0.167. The van der Waals surface area contributed by atoms with Crippen LogP contribution in [0.15, 0.2) is 66.1 Å². The summed E-state index contributed by atoms with van der Waals surface area (Å²) in [6.45, 7) is 2.18. The minimum atomic E-state index is -0.309. The first-order valence-corrected chi connectivity index (χ1v) is 11.1. The number of hydrogen-bond acceptors (Lipinski definition) is 5. The van der Waals surface area contributed by atoms with E-state index in [4.69, 9.17) is 0 Å². The second-order valence-corrected chi connectivity index (χ2v) is 8.10. The fourth-order valence-corrected chi connectivity index (χ4v) is 4.33. The van der Waals surface area contributed by atoms with Gasteiger partial charge in [0, 0.05) is 42.7 Å². The second-order valence-electron chi connectivity index (χ2n) is 7.27. The van der Waals surface area contributed by atoms with E-state index in [1.54, 1.807) is 28.5 Å². The highest BCUT2D eigenvalue weighted by Gasteiger charge is 2.21. The maximum atomic E-state index is 12.4. The van der Waals surface area contributed by atoms with Crippen LogP contribution in [0, 0.1) is 0 Å². The number of amides is 3. The summed E-state index contributed by atoms with van der Waals surface area (Å²) in [4.78, 5) is 44.2. The van der Waals surface area contributed by atoms with E-state index in [1.165, 1.54) is 29.2 Å². The molecule has 0 atom stereocenters. The van der Waals surface area contributed by atoms with Gasteiger partial charge >= 0.3 is 0 Å². The van der Waals surface area contributed by atoms with Gasteiger partial charge in [-0.05, 0) is 42.8 Å². The van der Waals surface area contributed by atoms with Crippen molar-refractivity contribution in [2.24, 2.45) is 0 Å². The van der Waals surface area contributed by atoms with Gasteiger partial charge in [0.25, 0.3) is 0 Å². The van der Waals surface area contributed by atoms with Crippen LogP contribution in [-0.2, 0) is 14.4 Å². The molecule has 8 heteroatoms. The van der Waals surface area contributed by atoms with Crippen LogP contribution in [0.2, 0.25) is 0 Å². The SMILES string of the molecule is CC(=O)N(c1ccccc1)c1nc(/C=C/C(=O)Nc2cccc(N3CCCC3=O)c2)cs1. The summed E-state index contributed by atoms with van der Waals surface area (Å²) in [6, 6.07) is 16.5. The van der Waals surface area contributed by atoms with Gasteiger partial charge in [-0.25, -0.2) is 4.98 Å². The van der Waals surface area contributed by atoms with Gasteiger partial charge in [-0.2, -0.15) is 0 Å². The number of nitrogens with zero attached hydrogens (tertiary/aromatic N) is 3. The number of hydrogen-bond donors (Lipinski definition) is 1. The van der Waals surface area contributed by atoms with E-state index < -0.39 is 0 Å². The molecular weight excluding hydrogens is 424 g/mol. The number of benzene rings is 2. The highest BCUT2D eigenvalue weighted by atomic mass is 32.1. The molecule has 0 unspecified atom stereocenters. The van der Waals surface area contributed by atoms with Crippen molar-refractivity contribution in [3.05, 3.63) is 71.7 Å². The molecule has 0 radical (unpaired) electrons. The number of nitrogens with one attached hydrogen (secondary N) is 1. The van der Waals surface area contributed by atoms with Gasteiger partial charge < -0.3 is 10.2 Å². The van der Waals surface area contributed by atoms with E-state index in [2.05, 4.69) is 10.3 Å². The molecule has 4 rings (SSSR count). The Labute approximate surface area is 190 Å². The topological polar surface area (TPSA) is 82.6 Å². The van der Waals surface area contributed by atoms with Crippen molar-refractivity contribution >= 4 is 57.3 Å². The largest absolute Gasteiger partial charge is 0.322 e. The third kappa shape index (κ3) is 4.92. The molecule has 1 aliphatic rings. The fourth-order valence-electron chi connectivity index (χ4n) is 3.48. The van der Waals surface area contributed by atoms with Crippen molar-refractivity contribution in [1.29, 1.82) is 0 Å². The number of carbonyl (C=O) groups excluding carboxylic acids is 3. The molecule has 0 spiro atoms. The number of carbonyl (C=O) groups is 3. The summed E-state index contributed by atoms with van der Waals surface area (Å²) in [5.41, 5.74) is 2.71. The third-order valence-electron chi connectivity index (χ3n) is 4.93. The van der Waals surface area contributed by atoms with Crippen molar-refractivity contribution in [1.82, 2.24) is 4.98 Å². The molecule has 1 fully saturated rings. The van der Waals surface area contributed by atoms with Crippen LogP contribution in [-0.4, -0.2) is 29.3 Å². The van der Waals surface area contributed by atoms with Crippen LogP contribution in [0.1, 0.15) is 25.5 Å². The summed E-state index contributed by atoms with van der Waals surface area (Å²) >= 11 is 1.33. The van der Waals surface area contributed by atoms with E-state index in [9.17, 15) is 14.4 Å². The molecular formula is C24H22N4O3S. The zero-order chi connectivity index (χ0) is 22.5. The average Bonchev–Trinajstić information content (AvgIpc) is 3.42. The zero-order valence-corrected chi connectivity index (χ0v) is 18.3.